The number of nitriles is 1. The number of ether oxygens (including phenoxy) is 2. The van der Waals surface area contributed by atoms with Crippen molar-refractivity contribution in [2.45, 2.75) is 71.1 Å². The minimum absolute atomic E-state index is 0.239. The smallest absolute Gasteiger partial charge is 0.434 e. The van der Waals surface area contributed by atoms with Gasteiger partial charge in [-0.15, -0.1) is 0 Å². The molecule has 0 aromatic rings. The van der Waals surface area contributed by atoms with Crippen LogP contribution in [0.2, 0.25) is 0 Å². The molecule has 0 bridgehead atoms. The second-order valence-electron chi connectivity index (χ2n) is 4.73. The summed E-state index contributed by atoms with van der Waals surface area (Å²) < 4.78 is 9.26. The van der Waals surface area contributed by atoms with Crippen LogP contribution in [0.3, 0.4) is 0 Å². The van der Waals surface area contributed by atoms with Crippen molar-refractivity contribution in [2.24, 2.45) is 0 Å². The number of hydrogen-bond acceptors (Lipinski definition) is 4. The average molecular weight is 269 g/mol. The van der Waals surface area contributed by atoms with Gasteiger partial charge in [0.15, 0.2) is 6.61 Å². The Morgan fingerprint density at radius 2 is 1.42 bits per heavy atom. The van der Waals surface area contributed by atoms with Crippen molar-refractivity contribution >= 4 is 6.16 Å². The van der Waals surface area contributed by atoms with E-state index in [1.54, 1.807) is 6.07 Å². The zero-order valence-electron chi connectivity index (χ0n) is 12.2. The molecule has 0 aromatic carbocycles. The Morgan fingerprint density at radius 3 is 1.95 bits per heavy atom. The Bertz CT molecular complexity index is 248. The predicted octanol–water partition coefficient (Wildman–Crippen LogP) is 4.58. The first-order valence-corrected chi connectivity index (χ1v) is 7.47. The van der Waals surface area contributed by atoms with Crippen LogP contribution in [0.4, 0.5) is 4.79 Å². The van der Waals surface area contributed by atoms with E-state index in [9.17, 15) is 4.79 Å². The van der Waals surface area contributed by atoms with Gasteiger partial charge in [-0.25, -0.2) is 4.79 Å². The third-order valence-corrected chi connectivity index (χ3v) is 2.97. The van der Waals surface area contributed by atoms with Gasteiger partial charge in [-0.3, -0.25) is 0 Å². The van der Waals surface area contributed by atoms with Crippen LogP contribution in [0.25, 0.3) is 0 Å². The third-order valence-electron chi connectivity index (χ3n) is 2.97. The van der Waals surface area contributed by atoms with Crippen LogP contribution in [0.1, 0.15) is 71.1 Å². The van der Waals surface area contributed by atoms with Crippen molar-refractivity contribution < 1.29 is 14.3 Å². The SMILES string of the molecule is CCCCCCCCCCCCOC(=O)OCC#N. The third kappa shape index (κ3) is 14.7. The van der Waals surface area contributed by atoms with E-state index in [0.29, 0.717) is 6.61 Å². The molecule has 0 aliphatic carbocycles. The molecule has 110 valence electrons. The molecule has 0 N–H and O–H groups in total. The van der Waals surface area contributed by atoms with Crippen LogP contribution in [-0.2, 0) is 9.47 Å². The minimum atomic E-state index is -0.738. The van der Waals surface area contributed by atoms with Crippen LogP contribution in [0, 0.1) is 11.3 Å². The lowest BCUT2D eigenvalue weighted by Crippen LogP contribution is -2.08. The number of unbranched alkanes of at least 4 members (excludes halogenated alkanes) is 9. The monoisotopic (exact) mass is 269 g/mol. The molecule has 0 aromatic heterocycles. The Kier molecular flexibility index (Phi) is 13.9. The fourth-order valence-electron chi connectivity index (χ4n) is 1.88. The lowest BCUT2D eigenvalue weighted by molar-refractivity contribution is 0.0629. The van der Waals surface area contributed by atoms with Crippen LogP contribution in [-0.4, -0.2) is 19.4 Å². The molecule has 0 aliphatic rings. The summed E-state index contributed by atoms with van der Waals surface area (Å²) in [7, 11) is 0. The zero-order valence-corrected chi connectivity index (χ0v) is 12.2. The quantitative estimate of drug-likeness (QED) is 0.384. The standard InChI is InChI=1S/C15H27NO3/c1-2-3-4-5-6-7-8-9-10-11-13-18-15(17)19-14-12-16/h2-11,13-14H2,1H3. The molecule has 0 saturated carbocycles. The van der Waals surface area contributed by atoms with Gasteiger partial charge in [0.05, 0.1) is 6.61 Å². The highest BCUT2D eigenvalue weighted by Crippen LogP contribution is 2.10. The molecule has 0 fully saturated rings. The first-order valence-electron chi connectivity index (χ1n) is 7.47. The van der Waals surface area contributed by atoms with Gasteiger partial charge in [-0.05, 0) is 6.42 Å². The lowest BCUT2D eigenvalue weighted by atomic mass is 10.1. The molecule has 0 aliphatic heterocycles. The number of hydrogen-bond donors (Lipinski definition) is 0. The van der Waals surface area contributed by atoms with E-state index in [-0.39, 0.29) is 6.61 Å². The Hall–Kier alpha value is -1.24. The van der Waals surface area contributed by atoms with Crippen LogP contribution >= 0.6 is 0 Å². The molecule has 19 heavy (non-hydrogen) atoms. The van der Waals surface area contributed by atoms with Crippen molar-refractivity contribution in [2.75, 3.05) is 13.2 Å². The van der Waals surface area contributed by atoms with E-state index in [1.165, 1.54) is 51.4 Å². The normalized spacial score (nSPS) is 9.89. The number of carbonyl (C=O) groups is 1. The number of nitrogens with zero attached hydrogens (tertiary/aromatic N) is 1. The molecule has 0 heterocycles. The highest BCUT2D eigenvalue weighted by molar-refractivity contribution is 5.59. The molecule has 0 atom stereocenters. The maximum Gasteiger partial charge on any atom is 0.509 e. The zero-order chi connectivity index (χ0) is 14.2. The first-order chi connectivity index (χ1) is 9.31. The molecule has 0 amide bonds. The predicted molar refractivity (Wildman–Crippen MR) is 74.8 cm³/mol. The molecule has 0 unspecified atom stereocenters. The Balaban J connectivity index is 3.07. The summed E-state index contributed by atoms with van der Waals surface area (Å²) >= 11 is 0. The van der Waals surface area contributed by atoms with E-state index in [4.69, 9.17) is 10.00 Å². The number of carbonyl (C=O) groups excluding carboxylic acids is 1. The summed E-state index contributed by atoms with van der Waals surface area (Å²) in [6, 6.07) is 1.72. The van der Waals surface area contributed by atoms with Gasteiger partial charge < -0.3 is 9.47 Å². The molecule has 0 saturated heterocycles. The molecule has 0 rings (SSSR count). The average Bonchev–Trinajstić information content (AvgIpc) is 2.42. The van der Waals surface area contributed by atoms with E-state index in [0.717, 1.165) is 12.8 Å². The summed E-state index contributed by atoms with van der Waals surface area (Å²) in [6.45, 7) is 2.38. The van der Waals surface area contributed by atoms with Gasteiger partial charge in [-0.1, -0.05) is 64.7 Å². The van der Waals surface area contributed by atoms with Gasteiger partial charge in [0.1, 0.15) is 6.07 Å². The van der Waals surface area contributed by atoms with E-state index in [1.807, 2.05) is 0 Å². The Morgan fingerprint density at radius 1 is 0.895 bits per heavy atom. The Labute approximate surface area is 117 Å². The second kappa shape index (κ2) is 14.8. The highest BCUT2D eigenvalue weighted by Gasteiger charge is 2.01. The summed E-state index contributed by atoms with van der Waals surface area (Å²) in [5.74, 6) is 0. The maximum atomic E-state index is 10.9. The lowest BCUT2D eigenvalue weighted by Gasteiger charge is -2.04. The van der Waals surface area contributed by atoms with E-state index < -0.39 is 6.16 Å². The van der Waals surface area contributed by atoms with Gasteiger partial charge >= 0.3 is 6.16 Å². The molecule has 4 nitrogen and oxygen atoms in total. The van der Waals surface area contributed by atoms with E-state index in [2.05, 4.69) is 11.7 Å². The molecular formula is C15H27NO3. The summed E-state index contributed by atoms with van der Waals surface area (Å²) in [4.78, 5) is 10.9. The van der Waals surface area contributed by atoms with Crippen molar-refractivity contribution in [1.29, 1.82) is 5.26 Å². The van der Waals surface area contributed by atoms with Crippen LogP contribution in [0.5, 0.6) is 0 Å². The van der Waals surface area contributed by atoms with Crippen LogP contribution < -0.4 is 0 Å². The molecule has 0 spiro atoms. The molecule has 4 heteroatoms. The van der Waals surface area contributed by atoms with Crippen molar-refractivity contribution in [1.82, 2.24) is 0 Å². The minimum Gasteiger partial charge on any atom is -0.434 e. The fraction of sp³-hybridized carbons (Fsp3) is 0.867. The summed E-state index contributed by atoms with van der Waals surface area (Å²) in [5.41, 5.74) is 0. The number of rotatable bonds is 12. The second-order valence-corrected chi connectivity index (χ2v) is 4.73. The van der Waals surface area contributed by atoms with Crippen molar-refractivity contribution in [3.05, 3.63) is 0 Å². The van der Waals surface area contributed by atoms with Crippen molar-refractivity contribution in [3.63, 3.8) is 0 Å². The van der Waals surface area contributed by atoms with Gasteiger partial charge in [-0.2, -0.15) is 5.26 Å². The van der Waals surface area contributed by atoms with Gasteiger partial charge in [0.25, 0.3) is 0 Å². The maximum absolute atomic E-state index is 10.9. The molecular weight excluding hydrogens is 242 g/mol. The van der Waals surface area contributed by atoms with Crippen LogP contribution in [0.15, 0.2) is 0 Å². The summed E-state index contributed by atoms with van der Waals surface area (Å²) in [6.07, 6.45) is 11.7. The topological polar surface area (TPSA) is 59.3 Å². The molecule has 0 radical (unpaired) electrons. The largest absolute Gasteiger partial charge is 0.509 e. The fourth-order valence-corrected chi connectivity index (χ4v) is 1.88. The summed E-state index contributed by atoms with van der Waals surface area (Å²) in [5, 5.41) is 8.19. The highest BCUT2D eigenvalue weighted by atomic mass is 16.7. The first kappa shape index (κ1) is 17.8. The van der Waals surface area contributed by atoms with Gasteiger partial charge in [0.2, 0.25) is 0 Å². The van der Waals surface area contributed by atoms with E-state index >= 15 is 0 Å². The van der Waals surface area contributed by atoms with Crippen molar-refractivity contribution in [3.8, 4) is 6.07 Å². The van der Waals surface area contributed by atoms with Gasteiger partial charge in [0, 0.05) is 0 Å².